The minimum absolute atomic E-state index is 0.0359. The predicted molar refractivity (Wildman–Crippen MR) is 123 cm³/mol. The maximum Gasteiger partial charge on any atom is 0.117 e. The molecule has 3 fully saturated rings. The number of fused-ring (bicyclic) bond motifs is 5. The van der Waals surface area contributed by atoms with E-state index in [0.717, 1.165) is 24.3 Å². The highest BCUT2D eigenvalue weighted by molar-refractivity contribution is 5.39. The minimum atomic E-state index is -1.29. The van der Waals surface area contributed by atoms with Crippen LogP contribution in [0.25, 0.3) is 0 Å². The lowest BCUT2D eigenvalue weighted by molar-refractivity contribution is -0.221. The molecule has 0 aromatic carbocycles. The summed E-state index contributed by atoms with van der Waals surface area (Å²) in [6.45, 7) is 11.3. The van der Waals surface area contributed by atoms with Crippen molar-refractivity contribution in [2.75, 3.05) is 0 Å². The van der Waals surface area contributed by atoms with Crippen LogP contribution in [0.3, 0.4) is 0 Å². The van der Waals surface area contributed by atoms with Crippen LogP contribution in [0.2, 0.25) is 0 Å². The first-order valence-corrected chi connectivity index (χ1v) is 12.9. The Balaban J connectivity index is 1.64. The molecule has 0 aromatic heterocycles. The topological polar surface area (TPSA) is 80.9 Å². The molecule has 0 unspecified atom stereocenters. The van der Waals surface area contributed by atoms with Crippen molar-refractivity contribution in [3.63, 3.8) is 0 Å². The highest BCUT2D eigenvalue weighted by Crippen LogP contribution is 2.68. The molecule has 0 heterocycles. The number of hydrogen-bond donors (Lipinski definition) is 4. The summed E-state index contributed by atoms with van der Waals surface area (Å²) in [6, 6.07) is 0. The van der Waals surface area contributed by atoms with E-state index >= 15 is 0 Å². The second kappa shape index (κ2) is 8.11. The molecular weight excluding hydrogens is 388 g/mol. The first-order valence-electron chi connectivity index (χ1n) is 12.9. The van der Waals surface area contributed by atoms with Gasteiger partial charge < -0.3 is 20.4 Å². The van der Waals surface area contributed by atoms with Crippen LogP contribution in [0.4, 0.5) is 0 Å². The van der Waals surface area contributed by atoms with Crippen molar-refractivity contribution in [3.8, 4) is 0 Å². The molecule has 0 aliphatic heterocycles. The van der Waals surface area contributed by atoms with Gasteiger partial charge in [0, 0.05) is 5.41 Å². The van der Waals surface area contributed by atoms with E-state index in [1.165, 1.54) is 19.3 Å². The Hall–Kier alpha value is -0.420. The second-order valence-corrected chi connectivity index (χ2v) is 12.6. The number of hydrogen-bond acceptors (Lipinski definition) is 4. The van der Waals surface area contributed by atoms with Gasteiger partial charge in [0.25, 0.3) is 0 Å². The van der Waals surface area contributed by atoms with E-state index in [2.05, 4.69) is 27.7 Å². The third kappa shape index (κ3) is 3.47. The van der Waals surface area contributed by atoms with Crippen LogP contribution in [-0.4, -0.2) is 44.3 Å². The first kappa shape index (κ1) is 23.7. The van der Waals surface area contributed by atoms with Gasteiger partial charge in [0.2, 0.25) is 0 Å². The lowest BCUT2D eigenvalue weighted by atomic mass is 9.44. The quantitative estimate of drug-likeness (QED) is 0.482. The standard InChI is InChI=1S/C27H46O4/c1-16(2)7-6-8-17(3)19-9-10-20-21-14-23(29)22-13-18(28)11-12-26(22,5)27(21,31)24(30)15-25(19,20)4/h14,16-20,22-24,28-31H,6-13,15H2,1-5H3/t17-,18+,19-,20+,22-,23+,24+,25-,26+,27+/m1/s1. The molecule has 0 saturated heterocycles. The Labute approximate surface area is 189 Å². The van der Waals surface area contributed by atoms with Gasteiger partial charge >= 0.3 is 0 Å². The van der Waals surface area contributed by atoms with E-state index in [-0.39, 0.29) is 17.3 Å². The van der Waals surface area contributed by atoms with Crippen molar-refractivity contribution in [2.24, 2.45) is 40.4 Å². The molecule has 3 saturated carbocycles. The van der Waals surface area contributed by atoms with E-state index in [4.69, 9.17) is 0 Å². The van der Waals surface area contributed by atoms with Crippen molar-refractivity contribution >= 4 is 0 Å². The maximum atomic E-state index is 12.2. The lowest BCUT2D eigenvalue weighted by Gasteiger charge is -2.64. The molecule has 4 N–H and O–H groups in total. The molecule has 0 aromatic rings. The van der Waals surface area contributed by atoms with Gasteiger partial charge in [-0.3, -0.25) is 0 Å². The lowest BCUT2D eigenvalue weighted by Crippen LogP contribution is -2.69. The van der Waals surface area contributed by atoms with Crippen LogP contribution in [-0.2, 0) is 0 Å². The summed E-state index contributed by atoms with van der Waals surface area (Å²) in [5.74, 6) is 1.89. The Morgan fingerprint density at radius 3 is 2.42 bits per heavy atom. The highest BCUT2D eigenvalue weighted by Gasteiger charge is 2.69. The fraction of sp³-hybridized carbons (Fsp3) is 0.926. The van der Waals surface area contributed by atoms with E-state index < -0.39 is 29.3 Å². The number of rotatable bonds is 5. The van der Waals surface area contributed by atoms with Gasteiger partial charge in [-0.05, 0) is 79.1 Å². The smallest absolute Gasteiger partial charge is 0.117 e. The normalized spacial score (nSPS) is 50.5. The fourth-order valence-electron chi connectivity index (χ4n) is 8.64. The second-order valence-electron chi connectivity index (χ2n) is 12.6. The average molecular weight is 435 g/mol. The van der Waals surface area contributed by atoms with Crippen LogP contribution in [0, 0.1) is 40.4 Å². The zero-order valence-electron chi connectivity index (χ0n) is 20.3. The number of aliphatic hydroxyl groups excluding tert-OH is 3. The zero-order chi connectivity index (χ0) is 22.8. The molecule has 4 aliphatic carbocycles. The molecular formula is C27H46O4. The number of aliphatic hydroxyl groups is 4. The van der Waals surface area contributed by atoms with Crippen molar-refractivity contribution < 1.29 is 20.4 Å². The van der Waals surface area contributed by atoms with Crippen LogP contribution in [0.5, 0.6) is 0 Å². The van der Waals surface area contributed by atoms with Gasteiger partial charge in [0.05, 0.1) is 18.3 Å². The summed E-state index contributed by atoms with van der Waals surface area (Å²) in [4.78, 5) is 0. The Morgan fingerprint density at radius 1 is 1.03 bits per heavy atom. The molecule has 4 rings (SSSR count). The summed E-state index contributed by atoms with van der Waals surface area (Å²) in [6.07, 6.45) is 8.29. The molecule has 0 spiro atoms. The van der Waals surface area contributed by atoms with E-state index in [9.17, 15) is 20.4 Å². The van der Waals surface area contributed by atoms with Gasteiger partial charge in [0.15, 0.2) is 0 Å². The zero-order valence-corrected chi connectivity index (χ0v) is 20.3. The monoisotopic (exact) mass is 434 g/mol. The summed E-state index contributed by atoms with van der Waals surface area (Å²) < 4.78 is 0. The van der Waals surface area contributed by atoms with Crippen molar-refractivity contribution in [1.29, 1.82) is 0 Å². The van der Waals surface area contributed by atoms with Gasteiger partial charge in [-0.2, -0.15) is 0 Å². The molecule has 4 aliphatic rings. The highest BCUT2D eigenvalue weighted by atomic mass is 16.3. The molecule has 10 atom stereocenters. The van der Waals surface area contributed by atoms with Crippen molar-refractivity contribution in [2.45, 2.75) is 116 Å². The molecule has 0 bridgehead atoms. The molecule has 31 heavy (non-hydrogen) atoms. The van der Waals surface area contributed by atoms with Gasteiger partial charge in [-0.1, -0.05) is 60.0 Å². The molecule has 4 heteroatoms. The van der Waals surface area contributed by atoms with Crippen LogP contribution < -0.4 is 0 Å². The largest absolute Gasteiger partial charge is 0.393 e. The van der Waals surface area contributed by atoms with Gasteiger partial charge in [-0.25, -0.2) is 0 Å². The van der Waals surface area contributed by atoms with Crippen LogP contribution in [0.15, 0.2) is 11.6 Å². The van der Waals surface area contributed by atoms with Crippen LogP contribution in [0.1, 0.15) is 92.4 Å². The SMILES string of the molecule is CC(C)CCC[C@@H](C)[C@H]1CC[C@H]2C3=C[C@H](O)[C@H]4C[C@@H](O)CC[C@]4(C)[C@@]3(O)[C@@H](O)C[C@]12C. The summed E-state index contributed by atoms with van der Waals surface area (Å²) in [5.41, 5.74) is -1.02. The Morgan fingerprint density at radius 2 is 1.74 bits per heavy atom. The Kier molecular flexibility index (Phi) is 6.21. The minimum Gasteiger partial charge on any atom is -0.393 e. The molecule has 4 nitrogen and oxygen atoms in total. The summed E-state index contributed by atoms with van der Waals surface area (Å²) in [7, 11) is 0. The molecule has 178 valence electrons. The van der Waals surface area contributed by atoms with Gasteiger partial charge in [0.1, 0.15) is 5.60 Å². The van der Waals surface area contributed by atoms with Gasteiger partial charge in [-0.15, -0.1) is 0 Å². The molecule has 0 radical (unpaired) electrons. The summed E-state index contributed by atoms with van der Waals surface area (Å²) in [5, 5.41) is 45.1. The first-order chi connectivity index (χ1) is 14.4. The summed E-state index contributed by atoms with van der Waals surface area (Å²) >= 11 is 0. The molecule has 0 amide bonds. The third-order valence-electron chi connectivity index (χ3n) is 10.4. The van der Waals surface area contributed by atoms with E-state index in [1.54, 1.807) is 0 Å². The van der Waals surface area contributed by atoms with Crippen LogP contribution >= 0.6 is 0 Å². The van der Waals surface area contributed by atoms with E-state index in [1.807, 2.05) is 13.0 Å². The average Bonchev–Trinajstić information content (AvgIpc) is 3.02. The van der Waals surface area contributed by atoms with Crippen molar-refractivity contribution in [1.82, 2.24) is 0 Å². The Bertz CT molecular complexity index is 703. The predicted octanol–water partition coefficient (Wildman–Crippen LogP) is 4.45. The van der Waals surface area contributed by atoms with Crippen molar-refractivity contribution in [3.05, 3.63) is 11.6 Å². The fourth-order valence-corrected chi connectivity index (χ4v) is 8.64. The maximum absolute atomic E-state index is 12.2. The van der Waals surface area contributed by atoms with E-state index in [0.29, 0.717) is 37.5 Å². The third-order valence-corrected chi connectivity index (χ3v) is 10.4.